The van der Waals surface area contributed by atoms with Gasteiger partial charge in [0.1, 0.15) is 0 Å². The topological polar surface area (TPSA) is 72.2 Å². The van der Waals surface area contributed by atoms with Gasteiger partial charge in [0.25, 0.3) is 0 Å². The van der Waals surface area contributed by atoms with Crippen LogP contribution in [0.25, 0.3) is 0 Å². The summed E-state index contributed by atoms with van der Waals surface area (Å²) in [4.78, 5) is 0.240. The third kappa shape index (κ3) is 4.42. The van der Waals surface area contributed by atoms with Crippen molar-refractivity contribution in [3.05, 3.63) is 28.8 Å². The van der Waals surface area contributed by atoms with Gasteiger partial charge in [0.2, 0.25) is 10.0 Å². The number of rotatable bonds is 4. The zero-order valence-corrected chi connectivity index (χ0v) is 13.9. The Labute approximate surface area is 132 Å². The molecule has 0 aromatic heterocycles. The number of nitrogens with two attached hydrogens (primary N) is 1. The van der Waals surface area contributed by atoms with Crippen molar-refractivity contribution >= 4 is 21.6 Å². The fourth-order valence-corrected chi connectivity index (χ4v) is 4.32. The van der Waals surface area contributed by atoms with Crippen LogP contribution in [-0.2, 0) is 16.6 Å². The molecule has 0 saturated heterocycles. The van der Waals surface area contributed by atoms with Gasteiger partial charge < -0.3 is 5.73 Å². The molecule has 21 heavy (non-hydrogen) atoms. The standard InChI is InChI=1S/C15H23ClN2O2S/c1-11-3-2-4-13(6-5-11)18-21(19,20)14-7-8-15(16)12(9-14)10-17/h7-9,11,13,18H,2-6,10,17H2,1H3. The number of hydrogen-bond donors (Lipinski definition) is 2. The van der Waals surface area contributed by atoms with Crippen LogP contribution in [0.5, 0.6) is 0 Å². The van der Waals surface area contributed by atoms with E-state index in [0.29, 0.717) is 16.5 Å². The molecule has 0 spiro atoms. The summed E-state index contributed by atoms with van der Waals surface area (Å²) in [7, 11) is -3.51. The highest BCUT2D eigenvalue weighted by Crippen LogP contribution is 2.25. The van der Waals surface area contributed by atoms with Gasteiger partial charge >= 0.3 is 0 Å². The van der Waals surface area contributed by atoms with Crippen LogP contribution in [-0.4, -0.2) is 14.5 Å². The highest BCUT2D eigenvalue weighted by atomic mass is 35.5. The maximum absolute atomic E-state index is 12.5. The van der Waals surface area contributed by atoms with Gasteiger partial charge in [-0.3, -0.25) is 0 Å². The summed E-state index contributed by atoms with van der Waals surface area (Å²) in [5, 5.41) is 0.500. The number of hydrogen-bond acceptors (Lipinski definition) is 3. The Morgan fingerprint density at radius 3 is 2.76 bits per heavy atom. The van der Waals surface area contributed by atoms with E-state index in [1.807, 2.05) is 0 Å². The summed E-state index contributed by atoms with van der Waals surface area (Å²) in [5.41, 5.74) is 6.23. The van der Waals surface area contributed by atoms with Crippen molar-refractivity contribution < 1.29 is 8.42 Å². The lowest BCUT2D eigenvalue weighted by Crippen LogP contribution is -2.34. The molecule has 0 radical (unpaired) electrons. The average molecular weight is 331 g/mol. The molecule has 0 amide bonds. The Kier molecular flexibility index (Phi) is 5.66. The largest absolute Gasteiger partial charge is 0.326 e. The quantitative estimate of drug-likeness (QED) is 0.833. The van der Waals surface area contributed by atoms with Crippen molar-refractivity contribution in [1.82, 2.24) is 4.72 Å². The predicted octanol–water partition coefficient (Wildman–Crippen LogP) is 3.05. The van der Waals surface area contributed by atoms with Crippen molar-refractivity contribution in [2.45, 2.75) is 56.5 Å². The zero-order chi connectivity index (χ0) is 15.5. The molecule has 1 aliphatic rings. The van der Waals surface area contributed by atoms with Crippen LogP contribution in [0, 0.1) is 5.92 Å². The summed E-state index contributed by atoms with van der Waals surface area (Å²) in [5.74, 6) is 0.680. The van der Waals surface area contributed by atoms with Gasteiger partial charge in [-0.1, -0.05) is 31.4 Å². The van der Waals surface area contributed by atoms with Gasteiger partial charge in [0.15, 0.2) is 0 Å². The van der Waals surface area contributed by atoms with E-state index in [1.54, 1.807) is 12.1 Å². The van der Waals surface area contributed by atoms with E-state index in [2.05, 4.69) is 11.6 Å². The molecule has 1 fully saturated rings. The Balaban J connectivity index is 2.14. The molecule has 2 atom stereocenters. The first-order valence-electron chi connectivity index (χ1n) is 7.43. The minimum Gasteiger partial charge on any atom is -0.326 e. The predicted molar refractivity (Wildman–Crippen MR) is 85.7 cm³/mol. The molecule has 1 aromatic rings. The third-order valence-electron chi connectivity index (χ3n) is 4.13. The molecule has 3 N–H and O–H groups in total. The number of halogens is 1. The van der Waals surface area contributed by atoms with E-state index < -0.39 is 10.0 Å². The van der Waals surface area contributed by atoms with E-state index in [-0.39, 0.29) is 17.5 Å². The Morgan fingerprint density at radius 2 is 2.05 bits per heavy atom. The summed E-state index contributed by atoms with van der Waals surface area (Å²) >= 11 is 5.98. The first kappa shape index (κ1) is 16.7. The number of sulfonamides is 1. The lowest BCUT2D eigenvalue weighted by atomic mass is 10.0. The second kappa shape index (κ2) is 7.09. The summed E-state index contributed by atoms with van der Waals surface area (Å²) in [6, 6.07) is 4.71. The van der Waals surface area contributed by atoms with Crippen molar-refractivity contribution in [3.63, 3.8) is 0 Å². The molecule has 2 rings (SSSR count). The molecule has 2 unspecified atom stereocenters. The summed E-state index contributed by atoms with van der Waals surface area (Å²) in [6.07, 6.45) is 5.13. The third-order valence-corrected chi connectivity index (χ3v) is 6.01. The molecule has 0 heterocycles. The highest BCUT2D eigenvalue weighted by molar-refractivity contribution is 7.89. The van der Waals surface area contributed by atoms with E-state index in [4.69, 9.17) is 17.3 Å². The second-order valence-electron chi connectivity index (χ2n) is 5.89. The van der Waals surface area contributed by atoms with E-state index in [1.165, 1.54) is 12.5 Å². The van der Waals surface area contributed by atoms with Crippen molar-refractivity contribution in [2.24, 2.45) is 11.7 Å². The molecule has 1 saturated carbocycles. The van der Waals surface area contributed by atoms with Crippen LogP contribution < -0.4 is 10.5 Å². The van der Waals surface area contributed by atoms with Gasteiger partial charge in [-0.05, 0) is 48.9 Å². The minimum atomic E-state index is -3.51. The van der Waals surface area contributed by atoms with Crippen LogP contribution >= 0.6 is 11.6 Å². The minimum absolute atomic E-state index is 0.0250. The van der Waals surface area contributed by atoms with Gasteiger partial charge in [-0.25, -0.2) is 13.1 Å². The molecule has 0 aliphatic heterocycles. The van der Waals surface area contributed by atoms with Crippen molar-refractivity contribution in [3.8, 4) is 0 Å². The van der Waals surface area contributed by atoms with Gasteiger partial charge in [0, 0.05) is 17.6 Å². The number of benzene rings is 1. The Hall–Kier alpha value is -0.620. The zero-order valence-electron chi connectivity index (χ0n) is 12.3. The molecular formula is C15H23ClN2O2S. The van der Waals surface area contributed by atoms with Crippen LogP contribution in [0.15, 0.2) is 23.1 Å². The maximum Gasteiger partial charge on any atom is 0.240 e. The average Bonchev–Trinajstić information content (AvgIpc) is 2.63. The smallest absolute Gasteiger partial charge is 0.240 e. The SMILES string of the molecule is CC1CCCC(NS(=O)(=O)c2ccc(Cl)c(CN)c2)CC1. The number of nitrogens with one attached hydrogen (secondary N) is 1. The van der Waals surface area contributed by atoms with E-state index in [9.17, 15) is 8.42 Å². The first-order valence-corrected chi connectivity index (χ1v) is 9.29. The van der Waals surface area contributed by atoms with Crippen molar-refractivity contribution in [2.75, 3.05) is 0 Å². The fraction of sp³-hybridized carbons (Fsp3) is 0.600. The normalized spacial score (nSPS) is 23.8. The molecule has 1 aliphatic carbocycles. The van der Waals surface area contributed by atoms with Gasteiger partial charge in [-0.15, -0.1) is 0 Å². The molecular weight excluding hydrogens is 308 g/mol. The summed E-state index contributed by atoms with van der Waals surface area (Å²) < 4.78 is 27.8. The molecule has 1 aromatic carbocycles. The first-order chi connectivity index (χ1) is 9.92. The monoisotopic (exact) mass is 330 g/mol. The molecule has 0 bridgehead atoms. The highest BCUT2D eigenvalue weighted by Gasteiger charge is 2.23. The van der Waals surface area contributed by atoms with Crippen LogP contribution in [0.4, 0.5) is 0 Å². The molecule has 118 valence electrons. The Bertz CT molecular complexity index is 589. The second-order valence-corrected chi connectivity index (χ2v) is 8.01. The van der Waals surface area contributed by atoms with E-state index >= 15 is 0 Å². The van der Waals surface area contributed by atoms with Crippen molar-refractivity contribution in [1.29, 1.82) is 0 Å². The van der Waals surface area contributed by atoms with Crippen LogP contribution in [0.2, 0.25) is 5.02 Å². The van der Waals surface area contributed by atoms with Crippen LogP contribution in [0.3, 0.4) is 0 Å². The maximum atomic E-state index is 12.5. The lowest BCUT2D eigenvalue weighted by molar-refractivity contribution is 0.484. The Morgan fingerprint density at radius 1 is 1.29 bits per heavy atom. The molecule has 4 nitrogen and oxygen atoms in total. The lowest BCUT2D eigenvalue weighted by Gasteiger charge is -2.17. The molecule has 6 heteroatoms. The fourth-order valence-electron chi connectivity index (χ4n) is 2.77. The van der Waals surface area contributed by atoms with Crippen LogP contribution in [0.1, 0.15) is 44.6 Å². The van der Waals surface area contributed by atoms with Gasteiger partial charge in [-0.2, -0.15) is 0 Å². The van der Waals surface area contributed by atoms with Gasteiger partial charge in [0.05, 0.1) is 4.90 Å². The van der Waals surface area contributed by atoms with E-state index in [0.717, 1.165) is 25.7 Å². The summed E-state index contributed by atoms with van der Waals surface area (Å²) in [6.45, 7) is 2.45.